The lowest BCUT2D eigenvalue weighted by atomic mass is 9.83. The molecule has 0 aromatic heterocycles. The predicted octanol–water partition coefficient (Wildman–Crippen LogP) is -15.7. The molecule has 0 saturated carbocycles. The summed E-state index contributed by atoms with van der Waals surface area (Å²) in [5.74, 6) is 0.917. The van der Waals surface area contributed by atoms with Crippen molar-refractivity contribution in [3.05, 3.63) is 0 Å². The fraction of sp³-hybridized carbons (Fsp3) is 1.00. The highest BCUT2D eigenvalue weighted by atomic mass is 127. The van der Waals surface area contributed by atoms with E-state index in [-0.39, 0.29) is 24.0 Å². The summed E-state index contributed by atoms with van der Waals surface area (Å²) in [4.78, 5) is 0. The third-order valence-electron chi connectivity index (χ3n) is 17.8. The molecule has 0 radical (unpaired) electrons. The highest BCUT2D eigenvalue weighted by Crippen LogP contribution is 2.40. The Hall–Kier alpha value is -0.710. The van der Waals surface area contributed by atoms with Crippen molar-refractivity contribution in [1.29, 1.82) is 0 Å². The summed E-state index contributed by atoms with van der Waals surface area (Å²) < 4.78 is 80.7. The Morgan fingerprint density at radius 1 is 0.300 bits per heavy atom. The average molecular weight is 1430 g/mol. The third-order valence-corrected chi connectivity index (χ3v) is 17.8. The Bertz CT molecular complexity index is 1810. The normalized spacial score (nSPS) is 51.9. The van der Waals surface area contributed by atoms with E-state index in [0.717, 1.165) is 5.92 Å². The van der Waals surface area contributed by atoms with Crippen LogP contribution in [0.2, 0.25) is 0 Å². The summed E-state index contributed by atoms with van der Waals surface area (Å²) in [6.45, 7) is 2.57. The molecule has 21 N–H and O–H groups in total. The van der Waals surface area contributed by atoms with Gasteiger partial charge in [0, 0.05) is 5.41 Å². The number of nitrogens with zero attached hydrogens (tertiary/aromatic N) is 1. The molecule has 36 atom stereocenters. The lowest BCUT2D eigenvalue weighted by Gasteiger charge is -2.50. The van der Waals surface area contributed by atoms with Crippen LogP contribution < -0.4 is 24.0 Å². The average Bonchev–Trinajstić information content (AvgIpc) is 1.12. The molecule has 22 heterocycles. The van der Waals surface area contributed by atoms with Gasteiger partial charge in [0.1, 0.15) is 171 Å². The molecule has 14 bridgehead atoms. The van der Waals surface area contributed by atoms with Crippen LogP contribution in [-0.4, -0.2) is 400 Å². The minimum atomic E-state index is -2.21. The first-order valence-corrected chi connectivity index (χ1v) is 29.7. The smallest absolute Gasteiger partial charge is 0.187 e. The van der Waals surface area contributed by atoms with E-state index < -0.39 is 261 Å². The van der Waals surface area contributed by atoms with E-state index in [4.69, 9.17) is 66.3 Å². The number of aliphatic hydroxyl groups excluding tert-OH is 21. The van der Waals surface area contributed by atoms with Gasteiger partial charge < -0.3 is 202 Å². The first kappa shape index (κ1) is 76.7. The van der Waals surface area contributed by atoms with Crippen molar-refractivity contribution in [3.8, 4) is 0 Å². The van der Waals surface area contributed by atoms with Gasteiger partial charge in [-0.25, -0.2) is 0 Å². The van der Waals surface area contributed by atoms with Crippen molar-refractivity contribution in [3.63, 3.8) is 0 Å². The monoisotopic (exact) mass is 1430 g/mol. The molecular weight excluding hydrogens is 1340 g/mol. The molecule has 90 heavy (non-hydrogen) atoms. The zero-order valence-corrected chi connectivity index (χ0v) is 52.2. The van der Waals surface area contributed by atoms with E-state index in [1.54, 1.807) is 0 Å². The zero-order chi connectivity index (χ0) is 65.5. The molecule has 22 saturated heterocycles. The van der Waals surface area contributed by atoms with Crippen LogP contribution in [0.4, 0.5) is 0 Å². The maximum Gasteiger partial charge on any atom is 0.187 e. The summed E-state index contributed by atoms with van der Waals surface area (Å²) in [6.07, 6.45) is -67.4. The van der Waals surface area contributed by atoms with E-state index in [9.17, 15) is 107 Å². The molecule has 22 rings (SSSR count). The minimum Gasteiger partial charge on any atom is -1.00 e. The lowest BCUT2D eigenvalue weighted by Crippen LogP contribution is -3.00. The second-order valence-electron chi connectivity index (χ2n) is 25.7. The first-order chi connectivity index (χ1) is 42.0. The fourth-order valence-electron chi connectivity index (χ4n) is 13.3. The number of aliphatic hydroxyl groups is 21. The number of likely N-dealkylation sites (tertiary alicyclic amines) is 1. The Kier molecular flexibility index (Phi) is 27.5. The van der Waals surface area contributed by atoms with E-state index in [2.05, 4.69) is 34.9 Å². The number of ether oxygens (including phenoxy) is 14. The van der Waals surface area contributed by atoms with Gasteiger partial charge in [-0.15, -0.1) is 0 Å². The SMILES string of the molecule is CC1CC[N+](C)(C)CC(C)(C)C1.OC[C@H]1O[C@@H]2O[C@H]3[C@H](O)[C@@H](O)[C@@H](O[C@H]4[C@H](O)[C@@H](O)[C@@H](O[C@H]5[C@H](O)[C@@H](O)[C@@H](O[C@H]6[C@@H](O)[C@H](O)[C@@H](O[C@H]7[C@@H](O)[C@H](O)[C@@H](O[C@H]8[C@@H](O)[C@H](O)[C@@H](O[C@H]1[C@H](O)[C@H]2O)O[C@@H]8CO)O[C@@H]7CO)O[C@@H]6CO)O[C@@H]5CO)O[C@@H]4CO)O[C@@H]3CO.[I-]. The topological polar surface area (TPSA) is 554 Å². The summed E-state index contributed by atoms with van der Waals surface area (Å²) in [5.41, 5.74) is 0.541. The summed E-state index contributed by atoms with van der Waals surface area (Å²) in [5, 5.41) is 230. The van der Waals surface area contributed by atoms with Crippen LogP contribution in [-0.2, 0) is 66.3 Å². The molecule has 0 aromatic carbocycles. The fourth-order valence-corrected chi connectivity index (χ4v) is 13.3. The molecule has 22 aliphatic heterocycles. The van der Waals surface area contributed by atoms with E-state index in [1.807, 2.05) is 0 Å². The van der Waals surface area contributed by atoms with Crippen molar-refractivity contribution in [2.24, 2.45) is 11.3 Å². The van der Waals surface area contributed by atoms with Crippen LogP contribution in [0.15, 0.2) is 0 Å². The lowest BCUT2D eigenvalue weighted by molar-refractivity contribution is -0.895. The van der Waals surface area contributed by atoms with Gasteiger partial charge in [-0.1, -0.05) is 20.8 Å². The van der Waals surface area contributed by atoms with Crippen molar-refractivity contribution in [2.75, 3.05) is 73.4 Å². The third kappa shape index (κ3) is 16.5. The molecular formula is C53H94INO35. The second-order valence-corrected chi connectivity index (χ2v) is 25.7. The molecule has 1 unspecified atom stereocenters. The number of halogens is 1. The molecule has 0 amide bonds. The Labute approximate surface area is 533 Å². The van der Waals surface area contributed by atoms with Crippen molar-refractivity contribution >= 4 is 0 Å². The van der Waals surface area contributed by atoms with E-state index in [1.165, 1.54) is 30.4 Å². The molecule has 528 valence electrons. The van der Waals surface area contributed by atoms with Crippen molar-refractivity contribution < 1.29 is 202 Å². The Balaban J connectivity index is 0.000000794. The van der Waals surface area contributed by atoms with Crippen LogP contribution in [0, 0.1) is 11.3 Å². The first-order valence-electron chi connectivity index (χ1n) is 29.7. The Morgan fingerprint density at radius 2 is 0.467 bits per heavy atom. The van der Waals surface area contributed by atoms with Gasteiger partial charge in [0.25, 0.3) is 0 Å². The molecule has 22 aliphatic rings. The van der Waals surface area contributed by atoms with Gasteiger partial charge in [-0.2, -0.15) is 0 Å². The standard InChI is InChI=1S/C42H70O35.C11H24N.HI/c43-1-8-29-15(50)22(57)36(64-8)72-30-9(2-44)66-38(24(59)17(30)52)74-32-11(4-46)68-40(26(61)19(32)54)76-34-13(6-48)70-42(28(63)21(34)56)77-35-14(7-49)69-41(27(62)20(35)55)75-33-12(5-47)67-39(25(60)18(33)53)73-31-10(3-45)65-37(71-29)23(58)16(31)51;1-10-6-7-12(4,5)9-11(2,3)8-10;/h8-63H,1-7H2;10H,6-9H2,1-5H3;1H/q;+1;/p-1/t8-,9-,10-,11-,12-,13-,14-,15-,16-,17-,18-,19+,20+,21+,22-,23-,24-,25-,26+,27+,28+,29-,30-,31-,32-,33-,34-,35-,36-,37-,38-,39-,40-,41-,42-;;/m1../s1. The number of hydrogen-bond donors (Lipinski definition) is 21. The van der Waals surface area contributed by atoms with Crippen LogP contribution in [0.25, 0.3) is 0 Å². The molecule has 0 aromatic rings. The van der Waals surface area contributed by atoms with E-state index in [0.29, 0.717) is 5.41 Å². The minimum absolute atomic E-state index is 0. The highest BCUT2D eigenvalue weighted by Gasteiger charge is 2.59. The van der Waals surface area contributed by atoms with Crippen LogP contribution in [0.5, 0.6) is 0 Å². The summed E-state index contributed by atoms with van der Waals surface area (Å²) >= 11 is 0. The van der Waals surface area contributed by atoms with Crippen LogP contribution >= 0.6 is 0 Å². The van der Waals surface area contributed by atoms with Gasteiger partial charge in [0.15, 0.2) is 44.0 Å². The molecule has 37 heteroatoms. The highest BCUT2D eigenvalue weighted by molar-refractivity contribution is 5.02. The van der Waals surface area contributed by atoms with Gasteiger partial charge in [0.2, 0.25) is 0 Å². The van der Waals surface area contributed by atoms with Gasteiger partial charge in [-0.05, 0) is 18.8 Å². The largest absolute Gasteiger partial charge is 1.00 e. The molecule has 0 spiro atoms. The van der Waals surface area contributed by atoms with Gasteiger partial charge in [0.05, 0.1) is 73.4 Å². The van der Waals surface area contributed by atoms with Crippen LogP contribution in [0.1, 0.15) is 33.6 Å². The maximum absolute atomic E-state index is 11.3. The van der Waals surface area contributed by atoms with Crippen LogP contribution in [0.3, 0.4) is 0 Å². The Morgan fingerprint density at radius 3 is 0.622 bits per heavy atom. The predicted molar refractivity (Wildman–Crippen MR) is 282 cm³/mol. The molecule has 0 aliphatic carbocycles. The summed E-state index contributed by atoms with van der Waals surface area (Å²) in [7, 11) is 4.72. The van der Waals surface area contributed by atoms with Gasteiger partial charge >= 0.3 is 0 Å². The van der Waals surface area contributed by atoms with Gasteiger partial charge in [-0.3, -0.25) is 0 Å². The number of rotatable bonds is 7. The number of quaternary nitrogens is 1. The van der Waals surface area contributed by atoms with Crippen molar-refractivity contribution in [2.45, 2.75) is 249 Å². The van der Waals surface area contributed by atoms with E-state index >= 15 is 0 Å². The quantitative estimate of drug-likeness (QED) is 0.0831. The van der Waals surface area contributed by atoms with Crippen molar-refractivity contribution in [1.82, 2.24) is 0 Å². The molecule has 36 nitrogen and oxygen atoms in total. The second kappa shape index (κ2) is 32.3. The number of hydrogen-bond acceptors (Lipinski definition) is 35. The summed E-state index contributed by atoms with van der Waals surface area (Å²) in [6, 6.07) is 0. The molecule has 22 fully saturated rings. The maximum atomic E-state index is 11.3. The zero-order valence-electron chi connectivity index (χ0n) is 50.0.